The summed E-state index contributed by atoms with van der Waals surface area (Å²) in [4.78, 5) is 12.5. The molecular weight excluding hydrogens is 468 g/mol. The van der Waals surface area contributed by atoms with Crippen LogP contribution < -0.4 is 14.8 Å². The Balaban J connectivity index is 1.74. The number of carbonyl (C=O) groups excluding carboxylic acids is 1. The Morgan fingerprint density at radius 3 is 2.44 bits per heavy atom. The normalized spacial score (nSPS) is 10.9. The minimum absolute atomic E-state index is 0.0150. The van der Waals surface area contributed by atoms with Crippen LogP contribution in [-0.2, 0) is 11.4 Å². The number of carbonyl (C=O) groups is 1. The molecule has 3 rings (SSSR count). The fourth-order valence-corrected chi connectivity index (χ4v) is 3.26. The van der Waals surface area contributed by atoms with Crippen molar-refractivity contribution in [2.45, 2.75) is 20.5 Å². The van der Waals surface area contributed by atoms with Crippen LogP contribution in [0.2, 0.25) is 0 Å². The monoisotopic (exact) mass is 490 g/mol. The van der Waals surface area contributed by atoms with Gasteiger partial charge in [-0.15, -0.1) is 0 Å². The van der Waals surface area contributed by atoms with Crippen LogP contribution in [0.5, 0.6) is 11.5 Å². The summed E-state index contributed by atoms with van der Waals surface area (Å²) in [6.07, 6.45) is 1.52. The lowest BCUT2D eigenvalue weighted by molar-refractivity contribution is -0.112. The van der Waals surface area contributed by atoms with E-state index in [4.69, 9.17) is 9.47 Å². The maximum Gasteiger partial charge on any atom is 0.266 e. The number of benzene rings is 3. The van der Waals surface area contributed by atoms with Gasteiger partial charge >= 0.3 is 0 Å². The van der Waals surface area contributed by atoms with Gasteiger partial charge in [-0.3, -0.25) is 4.79 Å². The molecule has 1 N–H and O–H groups in total. The van der Waals surface area contributed by atoms with Gasteiger partial charge in [-0.05, 0) is 78.6 Å². The van der Waals surface area contributed by atoms with Crippen molar-refractivity contribution in [2.24, 2.45) is 0 Å². The van der Waals surface area contributed by atoms with E-state index in [1.54, 1.807) is 37.4 Å². The second-order valence-corrected chi connectivity index (χ2v) is 8.16. The molecule has 0 aliphatic heterocycles. The van der Waals surface area contributed by atoms with Crippen LogP contribution in [-0.4, -0.2) is 13.0 Å². The van der Waals surface area contributed by atoms with Crippen LogP contribution >= 0.6 is 15.9 Å². The summed E-state index contributed by atoms with van der Waals surface area (Å²) in [5.74, 6) is 0.623. The maximum absolute atomic E-state index is 12.5. The van der Waals surface area contributed by atoms with Crippen LogP contribution in [0.1, 0.15) is 22.3 Å². The zero-order valence-electron chi connectivity index (χ0n) is 18.1. The van der Waals surface area contributed by atoms with Gasteiger partial charge in [-0.1, -0.05) is 40.2 Å². The number of hydrogen-bond acceptors (Lipinski definition) is 4. The number of rotatable bonds is 7. The number of hydrogen-bond donors (Lipinski definition) is 1. The highest BCUT2D eigenvalue weighted by atomic mass is 79.9. The van der Waals surface area contributed by atoms with Crippen LogP contribution in [0.3, 0.4) is 0 Å². The van der Waals surface area contributed by atoms with Gasteiger partial charge in [-0.2, -0.15) is 5.26 Å². The number of aryl methyl sites for hydroxylation is 2. The molecule has 0 spiro atoms. The van der Waals surface area contributed by atoms with Crippen LogP contribution in [0.4, 0.5) is 5.69 Å². The Hall–Kier alpha value is -3.56. The number of halogens is 1. The predicted octanol–water partition coefficient (Wildman–Crippen LogP) is 6.20. The first-order valence-electron chi connectivity index (χ1n) is 9.95. The summed E-state index contributed by atoms with van der Waals surface area (Å²) in [5, 5.41) is 12.2. The predicted molar refractivity (Wildman–Crippen MR) is 130 cm³/mol. The number of nitrogens with one attached hydrogen (secondary N) is 1. The van der Waals surface area contributed by atoms with E-state index in [1.165, 1.54) is 17.2 Å². The number of nitrogens with zero attached hydrogens (tertiary/aromatic N) is 1. The molecule has 0 saturated heterocycles. The smallest absolute Gasteiger partial charge is 0.266 e. The Morgan fingerprint density at radius 2 is 1.78 bits per heavy atom. The first kappa shape index (κ1) is 23.1. The molecule has 0 fully saturated rings. The molecule has 0 aliphatic rings. The number of anilines is 1. The summed E-state index contributed by atoms with van der Waals surface area (Å²) >= 11 is 3.35. The summed E-state index contributed by atoms with van der Waals surface area (Å²) < 4.78 is 12.3. The molecule has 32 heavy (non-hydrogen) atoms. The molecule has 0 unspecified atom stereocenters. The number of amides is 1. The molecule has 3 aromatic rings. The van der Waals surface area contributed by atoms with Gasteiger partial charge in [0.1, 0.15) is 18.2 Å². The highest BCUT2D eigenvalue weighted by Gasteiger charge is 2.11. The standard InChI is InChI=1S/C26H23BrN2O3/c1-17-4-5-20(12-18(17)2)16-32-24-11-6-19(14-25(24)31-3)13-21(15-28)26(30)29-23-9-7-22(27)8-10-23/h4-14H,16H2,1-3H3,(H,29,30)/b21-13+. The fourth-order valence-electron chi connectivity index (χ4n) is 2.99. The minimum atomic E-state index is -0.483. The Bertz CT molecular complexity index is 1190. The maximum atomic E-state index is 12.5. The quantitative estimate of drug-likeness (QED) is 0.316. The van der Waals surface area contributed by atoms with Crippen LogP contribution in [0.15, 0.2) is 70.7 Å². The van der Waals surface area contributed by atoms with Crippen molar-refractivity contribution in [3.05, 3.63) is 93.0 Å². The number of nitriles is 1. The largest absolute Gasteiger partial charge is 0.493 e. The molecule has 162 valence electrons. The molecule has 0 saturated carbocycles. The van der Waals surface area contributed by atoms with Gasteiger partial charge in [-0.25, -0.2) is 0 Å². The first-order valence-corrected chi connectivity index (χ1v) is 10.7. The van der Waals surface area contributed by atoms with E-state index in [-0.39, 0.29) is 5.57 Å². The zero-order chi connectivity index (χ0) is 23.1. The SMILES string of the molecule is COc1cc(/C=C(\C#N)C(=O)Nc2ccc(Br)cc2)ccc1OCc1ccc(C)c(C)c1. The minimum Gasteiger partial charge on any atom is -0.493 e. The molecule has 0 aliphatic carbocycles. The zero-order valence-corrected chi connectivity index (χ0v) is 19.7. The van der Waals surface area contributed by atoms with E-state index in [1.807, 2.05) is 24.3 Å². The summed E-state index contributed by atoms with van der Waals surface area (Å²) in [6.45, 7) is 4.55. The first-order chi connectivity index (χ1) is 15.4. The summed E-state index contributed by atoms with van der Waals surface area (Å²) in [5.41, 5.74) is 4.76. The second kappa shape index (κ2) is 10.7. The molecular formula is C26H23BrN2O3. The van der Waals surface area contributed by atoms with E-state index in [9.17, 15) is 10.1 Å². The molecule has 1 amide bonds. The molecule has 0 radical (unpaired) electrons. The van der Waals surface area contributed by atoms with Gasteiger partial charge in [0.05, 0.1) is 7.11 Å². The van der Waals surface area contributed by atoms with E-state index in [0.717, 1.165) is 10.0 Å². The Labute approximate surface area is 196 Å². The fraction of sp³-hybridized carbons (Fsp3) is 0.154. The van der Waals surface area contributed by atoms with Crippen LogP contribution in [0, 0.1) is 25.2 Å². The molecule has 6 heteroatoms. The van der Waals surface area contributed by atoms with Crippen molar-refractivity contribution in [3.63, 3.8) is 0 Å². The molecule has 0 heterocycles. The van der Waals surface area contributed by atoms with Crippen LogP contribution in [0.25, 0.3) is 6.08 Å². The van der Waals surface area contributed by atoms with Crippen molar-refractivity contribution >= 4 is 33.6 Å². The van der Waals surface area contributed by atoms with Crippen molar-refractivity contribution in [1.29, 1.82) is 5.26 Å². The lowest BCUT2D eigenvalue weighted by Gasteiger charge is -2.12. The van der Waals surface area contributed by atoms with Crippen molar-refractivity contribution in [1.82, 2.24) is 0 Å². The highest BCUT2D eigenvalue weighted by Crippen LogP contribution is 2.30. The van der Waals surface area contributed by atoms with E-state index < -0.39 is 5.91 Å². The van der Waals surface area contributed by atoms with Crippen molar-refractivity contribution < 1.29 is 14.3 Å². The van der Waals surface area contributed by atoms with Gasteiger partial charge in [0, 0.05) is 10.2 Å². The van der Waals surface area contributed by atoms with E-state index >= 15 is 0 Å². The summed E-state index contributed by atoms with van der Waals surface area (Å²) in [6, 6.07) is 20.6. The van der Waals surface area contributed by atoms with Gasteiger partial charge in [0.2, 0.25) is 0 Å². The Morgan fingerprint density at radius 1 is 1.03 bits per heavy atom. The average molecular weight is 491 g/mol. The van der Waals surface area contributed by atoms with Gasteiger partial charge in [0.25, 0.3) is 5.91 Å². The van der Waals surface area contributed by atoms with E-state index in [2.05, 4.69) is 47.2 Å². The average Bonchev–Trinajstić information content (AvgIpc) is 2.80. The number of ether oxygens (including phenoxy) is 2. The molecule has 5 nitrogen and oxygen atoms in total. The third-order valence-corrected chi connectivity index (χ3v) is 5.46. The van der Waals surface area contributed by atoms with Gasteiger partial charge < -0.3 is 14.8 Å². The van der Waals surface area contributed by atoms with Crippen molar-refractivity contribution in [3.8, 4) is 17.6 Å². The third-order valence-electron chi connectivity index (χ3n) is 4.93. The highest BCUT2D eigenvalue weighted by molar-refractivity contribution is 9.10. The topological polar surface area (TPSA) is 71.3 Å². The lowest BCUT2D eigenvalue weighted by Crippen LogP contribution is -2.13. The molecule has 0 atom stereocenters. The molecule has 0 aromatic heterocycles. The van der Waals surface area contributed by atoms with Crippen molar-refractivity contribution in [2.75, 3.05) is 12.4 Å². The Kier molecular flexibility index (Phi) is 7.69. The molecule has 0 bridgehead atoms. The summed E-state index contributed by atoms with van der Waals surface area (Å²) in [7, 11) is 1.55. The lowest BCUT2D eigenvalue weighted by atomic mass is 10.1. The number of methoxy groups -OCH3 is 1. The van der Waals surface area contributed by atoms with Gasteiger partial charge in [0.15, 0.2) is 11.5 Å². The second-order valence-electron chi connectivity index (χ2n) is 7.25. The molecule has 3 aromatic carbocycles. The third kappa shape index (κ3) is 5.99. The van der Waals surface area contributed by atoms with E-state index in [0.29, 0.717) is 29.4 Å².